The fourth-order valence-electron chi connectivity index (χ4n) is 2.03. The molecular weight excluding hydrogens is 222 g/mol. The minimum absolute atomic E-state index is 0.202. The Hall–Kier alpha value is -0.490. The largest absolute Gasteiger partial charge is 0.377 e. The van der Waals surface area contributed by atoms with Crippen molar-refractivity contribution in [1.82, 2.24) is 10.4 Å². The van der Waals surface area contributed by atoms with Crippen LogP contribution in [0, 0.1) is 5.92 Å². The molecule has 1 fully saturated rings. The molecule has 2 atom stereocenters. The fourth-order valence-corrected chi connectivity index (χ4v) is 2.68. The molecule has 0 aliphatic heterocycles. The van der Waals surface area contributed by atoms with Crippen molar-refractivity contribution in [2.45, 2.75) is 38.3 Å². The van der Waals surface area contributed by atoms with Crippen molar-refractivity contribution >= 4 is 11.3 Å². The Morgan fingerprint density at radius 2 is 2.50 bits per heavy atom. The zero-order valence-corrected chi connectivity index (χ0v) is 10.4. The van der Waals surface area contributed by atoms with E-state index in [0.717, 1.165) is 13.0 Å². The van der Waals surface area contributed by atoms with Gasteiger partial charge >= 0.3 is 0 Å². The topological polar surface area (TPSA) is 60.2 Å². The van der Waals surface area contributed by atoms with Crippen LogP contribution < -0.4 is 11.3 Å². The van der Waals surface area contributed by atoms with E-state index in [9.17, 15) is 0 Å². The summed E-state index contributed by atoms with van der Waals surface area (Å²) in [6.45, 7) is 2.79. The van der Waals surface area contributed by atoms with E-state index in [1.807, 2.05) is 18.6 Å². The molecule has 0 aromatic carbocycles. The van der Waals surface area contributed by atoms with E-state index >= 15 is 0 Å². The van der Waals surface area contributed by atoms with Crippen molar-refractivity contribution in [2.75, 3.05) is 6.61 Å². The lowest BCUT2D eigenvalue weighted by Crippen LogP contribution is -2.47. The maximum atomic E-state index is 5.81. The molecule has 1 aromatic rings. The fraction of sp³-hybridized carbons (Fsp3) is 0.727. The van der Waals surface area contributed by atoms with E-state index in [4.69, 9.17) is 10.6 Å². The molecule has 5 heteroatoms. The van der Waals surface area contributed by atoms with Crippen molar-refractivity contribution in [1.29, 1.82) is 0 Å². The average Bonchev–Trinajstić information content (AvgIpc) is 3.01. The Kier molecular flexibility index (Phi) is 4.29. The molecule has 2 rings (SSSR count). The van der Waals surface area contributed by atoms with E-state index in [1.54, 1.807) is 11.3 Å². The van der Waals surface area contributed by atoms with E-state index in [0.29, 0.717) is 5.92 Å². The molecule has 1 aliphatic rings. The molecule has 0 radical (unpaired) electrons. The second-order valence-corrected chi connectivity index (χ2v) is 5.17. The minimum atomic E-state index is 0.202. The number of nitrogens with one attached hydrogen (secondary N) is 1. The van der Waals surface area contributed by atoms with Gasteiger partial charge in [-0.25, -0.2) is 0 Å². The predicted molar refractivity (Wildman–Crippen MR) is 65.1 cm³/mol. The van der Waals surface area contributed by atoms with Crippen LogP contribution in [0.4, 0.5) is 0 Å². The molecule has 16 heavy (non-hydrogen) atoms. The number of hydrogen-bond donors (Lipinski definition) is 2. The molecule has 4 nitrogen and oxygen atoms in total. The zero-order valence-electron chi connectivity index (χ0n) is 9.56. The summed E-state index contributed by atoms with van der Waals surface area (Å²) in [6, 6.07) is 0.202. The number of rotatable bonds is 7. The highest BCUT2D eigenvalue weighted by molar-refractivity contribution is 7.09. The first kappa shape index (κ1) is 12.0. The highest BCUT2D eigenvalue weighted by Gasteiger charge is 2.37. The third-order valence-corrected chi connectivity index (χ3v) is 3.76. The van der Waals surface area contributed by atoms with Crippen LogP contribution in [0.5, 0.6) is 0 Å². The summed E-state index contributed by atoms with van der Waals surface area (Å²) >= 11 is 1.67. The first-order valence-electron chi connectivity index (χ1n) is 5.80. The van der Waals surface area contributed by atoms with Crippen LogP contribution in [0.25, 0.3) is 0 Å². The summed E-state index contributed by atoms with van der Waals surface area (Å²) in [5.74, 6) is 6.33. The van der Waals surface area contributed by atoms with Crippen LogP contribution in [-0.2, 0) is 11.2 Å². The van der Waals surface area contributed by atoms with Gasteiger partial charge in [-0.05, 0) is 25.7 Å². The molecule has 0 bridgehead atoms. The van der Waals surface area contributed by atoms with Gasteiger partial charge in [0, 0.05) is 24.1 Å². The first-order valence-corrected chi connectivity index (χ1v) is 6.68. The second kappa shape index (κ2) is 5.72. The van der Waals surface area contributed by atoms with Gasteiger partial charge in [0.15, 0.2) is 0 Å². The molecule has 1 aromatic heterocycles. The van der Waals surface area contributed by atoms with E-state index in [2.05, 4.69) is 10.4 Å². The Balaban J connectivity index is 1.95. The SMILES string of the molecule is CCOC(C1CC1)C(Cc1cncs1)NN. The van der Waals surface area contributed by atoms with Crippen LogP contribution in [-0.4, -0.2) is 23.7 Å². The van der Waals surface area contributed by atoms with Crippen LogP contribution in [0.1, 0.15) is 24.6 Å². The van der Waals surface area contributed by atoms with Gasteiger partial charge in [0.25, 0.3) is 0 Å². The lowest BCUT2D eigenvalue weighted by atomic mass is 10.0. The Morgan fingerprint density at radius 1 is 1.69 bits per heavy atom. The third-order valence-electron chi connectivity index (χ3n) is 2.96. The standard InChI is InChI=1S/C11H19N3OS/c1-2-15-11(8-3-4-8)10(14-12)5-9-6-13-7-16-9/h6-8,10-11,14H,2-5,12H2,1H3. The van der Waals surface area contributed by atoms with E-state index in [1.165, 1.54) is 17.7 Å². The average molecular weight is 241 g/mol. The maximum absolute atomic E-state index is 5.81. The normalized spacial score (nSPS) is 19.6. The molecule has 90 valence electrons. The number of hydrogen-bond acceptors (Lipinski definition) is 5. The molecule has 0 amide bonds. The number of nitrogens with zero attached hydrogens (tertiary/aromatic N) is 1. The first-order chi connectivity index (χ1) is 7.85. The van der Waals surface area contributed by atoms with Gasteiger partial charge < -0.3 is 4.74 Å². The predicted octanol–water partition coefficient (Wildman–Crippen LogP) is 1.33. The number of aromatic nitrogens is 1. The number of hydrazine groups is 1. The van der Waals surface area contributed by atoms with Crippen LogP contribution in [0.15, 0.2) is 11.7 Å². The number of nitrogens with two attached hydrogens (primary N) is 1. The summed E-state index contributed by atoms with van der Waals surface area (Å²) in [5, 5.41) is 0. The van der Waals surface area contributed by atoms with Crippen LogP contribution in [0.2, 0.25) is 0 Å². The van der Waals surface area contributed by atoms with Crippen LogP contribution in [0.3, 0.4) is 0 Å². The highest BCUT2D eigenvalue weighted by Crippen LogP contribution is 2.36. The third kappa shape index (κ3) is 3.01. The van der Waals surface area contributed by atoms with E-state index < -0.39 is 0 Å². The molecule has 3 N–H and O–H groups in total. The van der Waals surface area contributed by atoms with Gasteiger partial charge in [-0.15, -0.1) is 11.3 Å². The maximum Gasteiger partial charge on any atom is 0.0794 e. The van der Waals surface area contributed by atoms with Gasteiger partial charge in [-0.1, -0.05) is 0 Å². The highest BCUT2D eigenvalue weighted by atomic mass is 32.1. The lowest BCUT2D eigenvalue weighted by Gasteiger charge is -2.26. The van der Waals surface area contributed by atoms with E-state index in [-0.39, 0.29) is 12.1 Å². The smallest absolute Gasteiger partial charge is 0.0794 e. The lowest BCUT2D eigenvalue weighted by molar-refractivity contribution is 0.0194. The molecule has 1 aliphatic carbocycles. The van der Waals surface area contributed by atoms with Gasteiger partial charge in [-0.3, -0.25) is 16.3 Å². The zero-order chi connectivity index (χ0) is 11.4. The Labute approximate surface area is 100 Å². The van der Waals surface area contributed by atoms with Gasteiger partial charge in [-0.2, -0.15) is 0 Å². The Bertz CT molecular complexity index is 300. The quantitative estimate of drug-likeness (QED) is 0.558. The molecule has 0 saturated heterocycles. The van der Waals surface area contributed by atoms with Crippen molar-refractivity contribution in [3.05, 3.63) is 16.6 Å². The Morgan fingerprint density at radius 3 is 3.00 bits per heavy atom. The molecule has 0 spiro atoms. The number of ether oxygens (including phenoxy) is 1. The summed E-state index contributed by atoms with van der Waals surface area (Å²) in [4.78, 5) is 5.34. The second-order valence-electron chi connectivity index (χ2n) is 4.20. The summed E-state index contributed by atoms with van der Waals surface area (Å²) < 4.78 is 5.81. The summed E-state index contributed by atoms with van der Waals surface area (Å²) in [7, 11) is 0. The number of thiazole rings is 1. The van der Waals surface area contributed by atoms with Crippen LogP contribution >= 0.6 is 11.3 Å². The molecule has 1 heterocycles. The van der Waals surface area contributed by atoms with Gasteiger partial charge in [0.1, 0.15) is 0 Å². The van der Waals surface area contributed by atoms with Gasteiger partial charge in [0.05, 0.1) is 17.7 Å². The molecular formula is C11H19N3OS. The van der Waals surface area contributed by atoms with Crippen molar-refractivity contribution in [3.63, 3.8) is 0 Å². The monoisotopic (exact) mass is 241 g/mol. The van der Waals surface area contributed by atoms with Crippen molar-refractivity contribution in [3.8, 4) is 0 Å². The van der Waals surface area contributed by atoms with Crippen molar-refractivity contribution < 1.29 is 4.74 Å². The molecule has 2 unspecified atom stereocenters. The van der Waals surface area contributed by atoms with Gasteiger partial charge in [0.2, 0.25) is 0 Å². The summed E-state index contributed by atoms with van der Waals surface area (Å²) in [6.07, 6.45) is 5.60. The van der Waals surface area contributed by atoms with Crippen molar-refractivity contribution in [2.24, 2.45) is 11.8 Å². The molecule has 1 saturated carbocycles. The summed E-state index contributed by atoms with van der Waals surface area (Å²) in [5.41, 5.74) is 4.76. The minimum Gasteiger partial charge on any atom is -0.377 e.